The molecule has 0 atom stereocenters. The number of nitrogens with zero attached hydrogens (tertiary/aromatic N) is 4. The summed E-state index contributed by atoms with van der Waals surface area (Å²) in [5.74, 6) is 0.788. The number of hydrogen-bond donors (Lipinski definition) is 1. The van der Waals surface area contributed by atoms with Gasteiger partial charge in [0, 0.05) is 29.2 Å². The van der Waals surface area contributed by atoms with E-state index in [2.05, 4.69) is 55.2 Å². The highest BCUT2D eigenvalue weighted by molar-refractivity contribution is 9.10. The third-order valence-electron chi connectivity index (χ3n) is 4.76. The topological polar surface area (TPSA) is 71.0 Å². The second-order valence-electron chi connectivity index (χ2n) is 6.47. The molecule has 1 aliphatic heterocycles. The van der Waals surface area contributed by atoms with Gasteiger partial charge in [0.1, 0.15) is 0 Å². The third kappa shape index (κ3) is 4.38. The average Bonchev–Trinajstić information content (AvgIpc) is 2.69. The number of carbonyl (C=O) groups excluding carboxylic acids is 1. The normalized spacial score (nSPS) is 15.1. The van der Waals surface area contributed by atoms with Gasteiger partial charge in [0.05, 0.1) is 11.4 Å². The largest absolute Gasteiger partial charge is 0.339 e. The molecule has 1 aromatic heterocycles. The minimum atomic E-state index is 0.0171. The summed E-state index contributed by atoms with van der Waals surface area (Å²) in [6.45, 7) is 5.70. The third-order valence-corrected chi connectivity index (χ3v) is 5.29. The van der Waals surface area contributed by atoms with E-state index in [1.807, 2.05) is 24.3 Å². The van der Waals surface area contributed by atoms with Gasteiger partial charge in [0.2, 0.25) is 11.9 Å². The molecule has 0 saturated carbocycles. The molecule has 0 aliphatic carbocycles. The fraction of sp³-hybridized carbons (Fsp3) is 0.474. The van der Waals surface area contributed by atoms with Gasteiger partial charge >= 0.3 is 0 Å². The number of anilines is 2. The first-order valence-corrected chi connectivity index (χ1v) is 9.93. The maximum Gasteiger partial charge on any atom is 0.245 e. The molecule has 26 heavy (non-hydrogen) atoms. The van der Waals surface area contributed by atoms with E-state index in [-0.39, 0.29) is 11.8 Å². The zero-order valence-corrected chi connectivity index (χ0v) is 16.8. The van der Waals surface area contributed by atoms with Crippen LogP contribution in [0.5, 0.6) is 0 Å². The van der Waals surface area contributed by atoms with Crippen molar-refractivity contribution in [1.29, 1.82) is 0 Å². The lowest BCUT2D eigenvalue weighted by molar-refractivity contribution is -0.120. The van der Waals surface area contributed by atoms with Crippen LogP contribution in [0.15, 0.2) is 28.7 Å². The Hall–Kier alpha value is -2.02. The molecule has 0 radical (unpaired) electrons. The van der Waals surface area contributed by atoms with Crippen molar-refractivity contribution in [3.8, 4) is 0 Å². The van der Waals surface area contributed by atoms with Crippen LogP contribution in [-0.2, 0) is 17.6 Å². The summed E-state index contributed by atoms with van der Waals surface area (Å²) in [7, 11) is 0. The van der Waals surface area contributed by atoms with E-state index in [0.717, 1.165) is 60.3 Å². The molecular formula is C19H24BrN5O. The first-order chi connectivity index (χ1) is 12.6. The van der Waals surface area contributed by atoms with Crippen LogP contribution in [0.25, 0.3) is 0 Å². The number of aromatic nitrogens is 3. The van der Waals surface area contributed by atoms with Crippen molar-refractivity contribution in [3.63, 3.8) is 0 Å². The number of carbonyl (C=O) groups is 1. The summed E-state index contributed by atoms with van der Waals surface area (Å²) in [4.78, 5) is 19.3. The molecule has 3 rings (SSSR count). The highest BCUT2D eigenvalue weighted by Crippen LogP contribution is 2.23. The van der Waals surface area contributed by atoms with Crippen molar-refractivity contribution in [2.24, 2.45) is 5.92 Å². The summed E-state index contributed by atoms with van der Waals surface area (Å²) in [6.07, 6.45) is 3.30. The predicted octanol–water partition coefficient (Wildman–Crippen LogP) is 3.61. The molecule has 0 unspecified atom stereocenters. The molecule has 0 spiro atoms. The van der Waals surface area contributed by atoms with Crippen molar-refractivity contribution >= 4 is 33.5 Å². The zero-order chi connectivity index (χ0) is 18.5. The molecule has 6 nitrogen and oxygen atoms in total. The highest BCUT2D eigenvalue weighted by Gasteiger charge is 2.26. The average molecular weight is 418 g/mol. The van der Waals surface area contributed by atoms with E-state index in [0.29, 0.717) is 5.95 Å². The second kappa shape index (κ2) is 8.58. The lowest BCUT2D eigenvalue weighted by atomic mass is 9.96. The standard InChI is InChI=1S/C19H24BrN5O/c1-3-16-17(4-2)23-24-19(22-16)25-11-9-13(10-12-25)18(26)21-15-7-5-14(20)6-8-15/h5-8,13H,3-4,9-12H2,1-2H3,(H,21,26). The van der Waals surface area contributed by atoms with Crippen LogP contribution in [-0.4, -0.2) is 34.2 Å². The van der Waals surface area contributed by atoms with E-state index >= 15 is 0 Å². The van der Waals surface area contributed by atoms with Crippen LogP contribution in [0.1, 0.15) is 38.1 Å². The molecule has 138 valence electrons. The quantitative estimate of drug-likeness (QED) is 0.803. The molecule has 2 aromatic rings. The number of piperidine rings is 1. The Morgan fingerprint density at radius 1 is 1.12 bits per heavy atom. The molecule has 7 heteroatoms. The molecule has 1 amide bonds. The van der Waals surface area contributed by atoms with Gasteiger partial charge in [0.15, 0.2) is 0 Å². The molecule has 2 heterocycles. The molecule has 1 aliphatic rings. The van der Waals surface area contributed by atoms with Crippen LogP contribution >= 0.6 is 15.9 Å². The van der Waals surface area contributed by atoms with E-state index in [4.69, 9.17) is 0 Å². The minimum Gasteiger partial charge on any atom is -0.339 e. The molecule has 1 saturated heterocycles. The van der Waals surface area contributed by atoms with Crippen molar-refractivity contribution in [1.82, 2.24) is 15.2 Å². The maximum absolute atomic E-state index is 12.5. The van der Waals surface area contributed by atoms with Crippen LogP contribution in [0.3, 0.4) is 0 Å². The van der Waals surface area contributed by atoms with E-state index in [1.54, 1.807) is 0 Å². The molecule has 1 fully saturated rings. The maximum atomic E-state index is 12.5. The Labute approximate surface area is 162 Å². The van der Waals surface area contributed by atoms with Gasteiger partial charge in [-0.15, -0.1) is 5.10 Å². The molecule has 0 bridgehead atoms. The number of benzene rings is 1. The highest BCUT2D eigenvalue weighted by atomic mass is 79.9. The van der Waals surface area contributed by atoms with Crippen LogP contribution in [0.2, 0.25) is 0 Å². The summed E-state index contributed by atoms with van der Waals surface area (Å²) in [5, 5.41) is 11.6. The number of nitrogens with one attached hydrogen (secondary N) is 1. The van der Waals surface area contributed by atoms with Gasteiger partial charge in [-0.3, -0.25) is 4.79 Å². The number of aryl methyl sites for hydroxylation is 2. The Kier molecular flexibility index (Phi) is 6.19. The van der Waals surface area contributed by atoms with Crippen LogP contribution in [0, 0.1) is 5.92 Å². The van der Waals surface area contributed by atoms with Gasteiger partial charge in [-0.05, 0) is 49.9 Å². The first kappa shape index (κ1) is 18.8. The lowest BCUT2D eigenvalue weighted by Crippen LogP contribution is -2.39. The first-order valence-electron chi connectivity index (χ1n) is 9.14. The lowest BCUT2D eigenvalue weighted by Gasteiger charge is -2.31. The van der Waals surface area contributed by atoms with Gasteiger partial charge in [-0.2, -0.15) is 5.10 Å². The fourth-order valence-electron chi connectivity index (χ4n) is 3.18. The number of amides is 1. The number of hydrogen-bond acceptors (Lipinski definition) is 5. The van der Waals surface area contributed by atoms with Crippen LogP contribution in [0.4, 0.5) is 11.6 Å². The van der Waals surface area contributed by atoms with E-state index in [9.17, 15) is 4.79 Å². The van der Waals surface area contributed by atoms with Crippen molar-refractivity contribution < 1.29 is 4.79 Å². The van der Waals surface area contributed by atoms with Gasteiger partial charge in [-0.1, -0.05) is 29.8 Å². The molecule has 1 N–H and O–H groups in total. The number of halogens is 1. The van der Waals surface area contributed by atoms with Gasteiger partial charge in [-0.25, -0.2) is 4.98 Å². The summed E-state index contributed by atoms with van der Waals surface area (Å²) >= 11 is 3.40. The summed E-state index contributed by atoms with van der Waals surface area (Å²) < 4.78 is 0.998. The molecule has 1 aromatic carbocycles. The Morgan fingerprint density at radius 2 is 1.77 bits per heavy atom. The van der Waals surface area contributed by atoms with E-state index < -0.39 is 0 Å². The summed E-state index contributed by atoms with van der Waals surface area (Å²) in [6, 6.07) is 7.65. The van der Waals surface area contributed by atoms with Crippen molar-refractivity contribution in [2.75, 3.05) is 23.3 Å². The Bertz CT molecular complexity index is 757. The van der Waals surface area contributed by atoms with E-state index in [1.165, 1.54) is 0 Å². The Morgan fingerprint density at radius 3 is 2.38 bits per heavy atom. The van der Waals surface area contributed by atoms with Crippen molar-refractivity contribution in [2.45, 2.75) is 39.5 Å². The van der Waals surface area contributed by atoms with Crippen molar-refractivity contribution in [3.05, 3.63) is 40.1 Å². The molecular weight excluding hydrogens is 394 g/mol. The SMILES string of the molecule is CCc1nnc(N2CCC(C(=O)Nc3ccc(Br)cc3)CC2)nc1CC. The minimum absolute atomic E-state index is 0.0171. The van der Waals surface area contributed by atoms with Crippen LogP contribution < -0.4 is 10.2 Å². The second-order valence-corrected chi connectivity index (χ2v) is 7.39. The zero-order valence-electron chi connectivity index (χ0n) is 15.2. The Balaban J connectivity index is 1.58. The van der Waals surface area contributed by atoms with Gasteiger partial charge < -0.3 is 10.2 Å². The van der Waals surface area contributed by atoms with Gasteiger partial charge in [0.25, 0.3) is 0 Å². The predicted molar refractivity (Wildman–Crippen MR) is 106 cm³/mol. The monoisotopic (exact) mass is 417 g/mol. The summed E-state index contributed by atoms with van der Waals surface area (Å²) in [5.41, 5.74) is 2.82. The smallest absolute Gasteiger partial charge is 0.245 e. The number of rotatable bonds is 5. The fourth-order valence-corrected chi connectivity index (χ4v) is 3.45.